The third-order valence-corrected chi connectivity index (χ3v) is 5.00. The quantitative estimate of drug-likeness (QED) is 0.415. The van der Waals surface area contributed by atoms with Gasteiger partial charge in [-0.05, 0) is 42.7 Å². The van der Waals surface area contributed by atoms with E-state index in [0.717, 1.165) is 4.88 Å². The van der Waals surface area contributed by atoms with E-state index >= 15 is 0 Å². The summed E-state index contributed by atoms with van der Waals surface area (Å²) in [5.41, 5.74) is 0.475. The van der Waals surface area contributed by atoms with Crippen molar-refractivity contribution in [2.75, 3.05) is 13.1 Å². The number of H-pyrrole nitrogens is 1. The van der Waals surface area contributed by atoms with E-state index in [0.29, 0.717) is 29.2 Å². The number of amides is 2. The molecule has 0 aliphatic carbocycles. The SMILES string of the molecule is CC(C(=O)NCCNC(=O)c1cccnc1)n1c(-c2cccs2)n[nH]c1=S. The van der Waals surface area contributed by atoms with Crippen LogP contribution in [0.15, 0.2) is 42.0 Å². The van der Waals surface area contributed by atoms with E-state index in [-0.39, 0.29) is 11.8 Å². The molecule has 10 heteroatoms. The van der Waals surface area contributed by atoms with E-state index in [4.69, 9.17) is 12.2 Å². The maximum atomic E-state index is 12.5. The van der Waals surface area contributed by atoms with E-state index in [9.17, 15) is 9.59 Å². The second kappa shape index (κ2) is 8.69. The number of aromatic amines is 1. The van der Waals surface area contributed by atoms with Gasteiger partial charge in [0, 0.05) is 25.5 Å². The first kappa shape index (κ1) is 18.9. The molecule has 3 heterocycles. The number of carbonyl (C=O) groups is 2. The predicted octanol–water partition coefficient (Wildman–Crippen LogP) is 2.17. The number of nitrogens with zero attached hydrogens (tertiary/aromatic N) is 3. The molecule has 0 aliphatic rings. The summed E-state index contributed by atoms with van der Waals surface area (Å²) in [4.78, 5) is 29.3. The summed E-state index contributed by atoms with van der Waals surface area (Å²) in [6.07, 6.45) is 3.09. The molecule has 3 aromatic heterocycles. The van der Waals surface area contributed by atoms with Crippen LogP contribution < -0.4 is 10.6 Å². The van der Waals surface area contributed by atoms with Crippen LogP contribution in [0.1, 0.15) is 23.3 Å². The first-order chi connectivity index (χ1) is 13.1. The van der Waals surface area contributed by atoms with Gasteiger partial charge in [-0.3, -0.25) is 24.2 Å². The maximum absolute atomic E-state index is 12.5. The number of thiophene rings is 1. The Kier molecular flexibility index (Phi) is 6.09. The summed E-state index contributed by atoms with van der Waals surface area (Å²) >= 11 is 6.79. The van der Waals surface area contributed by atoms with E-state index in [2.05, 4.69) is 25.8 Å². The standard InChI is InChI=1S/C17H18N6O2S2/c1-11(23-14(21-22-17(23)26)13-5-3-9-27-13)15(24)19-7-8-20-16(25)12-4-2-6-18-10-12/h2-6,9-11H,7-8H2,1H3,(H,19,24)(H,20,25)(H,22,26). The highest BCUT2D eigenvalue weighted by Gasteiger charge is 2.21. The lowest BCUT2D eigenvalue weighted by atomic mass is 10.2. The molecule has 3 N–H and O–H groups in total. The molecule has 8 nitrogen and oxygen atoms in total. The van der Waals surface area contributed by atoms with Gasteiger partial charge in [0.15, 0.2) is 10.6 Å². The molecule has 1 unspecified atom stereocenters. The van der Waals surface area contributed by atoms with Gasteiger partial charge in [-0.2, -0.15) is 5.10 Å². The maximum Gasteiger partial charge on any atom is 0.252 e. The average Bonchev–Trinajstić information content (AvgIpc) is 3.34. The molecule has 3 aromatic rings. The Bertz CT molecular complexity index is 965. The van der Waals surface area contributed by atoms with Gasteiger partial charge in [-0.1, -0.05) is 6.07 Å². The number of rotatable bonds is 7. The van der Waals surface area contributed by atoms with E-state index in [1.807, 2.05) is 17.5 Å². The van der Waals surface area contributed by atoms with Crippen LogP contribution in [-0.4, -0.2) is 44.7 Å². The monoisotopic (exact) mass is 402 g/mol. The Labute approximate surface area is 164 Å². The first-order valence-corrected chi connectivity index (χ1v) is 9.53. The second-order valence-electron chi connectivity index (χ2n) is 5.66. The van der Waals surface area contributed by atoms with E-state index in [1.165, 1.54) is 17.5 Å². The van der Waals surface area contributed by atoms with Crippen molar-refractivity contribution in [2.24, 2.45) is 0 Å². The molecule has 0 aromatic carbocycles. The van der Waals surface area contributed by atoms with Crippen LogP contribution in [0.5, 0.6) is 0 Å². The first-order valence-electron chi connectivity index (χ1n) is 8.24. The average molecular weight is 403 g/mol. The van der Waals surface area contributed by atoms with Crippen LogP contribution in [0, 0.1) is 4.77 Å². The largest absolute Gasteiger partial charge is 0.353 e. The van der Waals surface area contributed by atoms with Crippen molar-refractivity contribution in [2.45, 2.75) is 13.0 Å². The molecule has 0 saturated carbocycles. The van der Waals surface area contributed by atoms with Gasteiger partial charge in [-0.25, -0.2) is 0 Å². The van der Waals surface area contributed by atoms with Crippen LogP contribution in [-0.2, 0) is 4.79 Å². The van der Waals surface area contributed by atoms with Crippen molar-refractivity contribution in [1.82, 2.24) is 30.4 Å². The minimum Gasteiger partial charge on any atom is -0.353 e. The summed E-state index contributed by atoms with van der Waals surface area (Å²) in [6, 6.07) is 6.67. The molecule has 2 amide bonds. The molecule has 0 bridgehead atoms. The summed E-state index contributed by atoms with van der Waals surface area (Å²) < 4.78 is 2.07. The molecule has 0 aliphatic heterocycles. The molecule has 140 valence electrons. The fourth-order valence-electron chi connectivity index (χ4n) is 2.47. The molecular formula is C17H18N6O2S2. The lowest BCUT2D eigenvalue weighted by Gasteiger charge is -2.15. The van der Waals surface area contributed by atoms with Crippen LogP contribution >= 0.6 is 23.6 Å². The number of aromatic nitrogens is 4. The smallest absolute Gasteiger partial charge is 0.252 e. The normalized spacial score (nSPS) is 11.7. The Balaban J connectivity index is 1.55. The van der Waals surface area contributed by atoms with Crippen LogP contribution in [0.2, 0.25) is 0 Å². The van der Waals surface area contributed by atoms with Crippen LogP contribution in [0.3, 0.4) is 0 Å². The lowest BCUT2D eigenvalue weighted by molar-refractivity contribution is -0.123. The highest BCUT2D eigenvalue weighted by atomic mass is 32.1. The molecule has 3 rings (SSSR count). The molecule has 27 heavy (non-hydrogen) atoms. The van der Waals surface area contributed by atoms with Gasteiger partial charge in [0.2, 0.25) is 5.91 Å². The van der Waals surface area contributed by atoms with E-state index < -0.39 is 6.04 Å². The fourth-order valence-corrected chi connectivity index (χ4v) is 3.47. The van der Waals surface area contributed by atoms with Gasteiger partial charge >= 0.3 is 0 Å². The molecule has 0 spiro atoms. The van der Waals surface area contributed by atoms with Crippen molar-refractivity contribution in [3.63, 3.8) is 0 Å². The van der Waals surface area contributed by atoms with Crippen molar-refractivity contribution in [3.8, 4) is 10.7 Å². The third kappa shape index (κ3) is 4.47. The minimum absolute atomic E-state index is 0.207. The number of hydrogen-bond acceptors (Lipinski definition) is 6. The summed E-state index contributed by atoms with van der Waals surface area (Å²) in [7, 11) is 0. The summed E-state index contributed by atoms with van der Waals surface area (Å²) in [5, 5.41) is 14.4. The van der Waals surface area contributed by atoms with Gasteiger partial charge in [-0.15, -0.1) is 11.3 Å². The summed E-state index contributed by atoms with van der Waals surface area (Å²) in [5.74, 6) is 0.186. The van der Waals surface area contributed by atoms with Gasteiger partial charge in [0.1, 0.15) is 6.04 Å². The Morgan fingerprint density at radius 2 is 2.11 bits per heavy atom. The number of carbonyl (C=O) groups excluding carboxylic acids is 2. The molecule has 1 atom stereocenters. The highest BCUT2D eigenvalue weighted by molar-refractivity contribution is 7.71. The second-order valence-corrected chi connectivity index (χ2v) is 7.00. The number of nitrogens with one attached hydrogen (secondary N) is 3. The topological polar surface area (TPSA) is 105 Å². The zero-order chi connectivity index (χ0) is 19.2. The van der Waals surface area contributed by atoms with Gasteiger partial charge in [0.05, 0.1) is 10.4 Å². The number of hydrogen-bond donors (Lipinski definition) is 3. The minimum atomic E-state index is -0.539. The lowest BCUT2D eigenvalue weighted by Crippen LogP contribution is -2.37. The predicted molar refractivity (Wildman–Crippen MR) is 105 cm³/mol. The number of pyridine rings is 1. The zero-order valence-electron chi connectivity index (χ0n) is 14.5. The van der Waals surface area contributed by atoms with E-state index in [1.54, 1.807) is 29.8 Å². The van der Waals surface area contributed by atoms with Crippen LogP contribution in [0.25, 0.3) is 10.7 Å². The van der Waals surface area contributed by atoms with Crippen LogP contribution in [0.4, 0.5) is 0 Å². The molecule has 0 radical (unpaired) electrons. The Morgan fingerprint density at radius 1 is 1.30 bits per heavy atom. The Hall–Kier alpha value is -2.85. The van der Waals surface area contributed by atoms with Crippen molar-refractivity contribution in [3.05, 3.63) is 52.4 Å². The zero-order valence-corrected chi connectivity index (χ0v) is 16.1. The third-order valence-electron chi connectivity index (χ3n) is 3.85. The van der Waals surface area contributed by atoms with Crippen molar-refractivity contribution >= 4 is 35.4 Å². The van der Waals surface area contributed by atoms with Crippen molar-refractivity contribution in [1.29, 1.82) is 0 Å². The highest BCUT2D eigenvalue weighted by Crippen LogP contribution is 2.25. The van der Waals surface area contributed by atoms with Gasteiger partial charge in [0.25, 0.3) is 5.91 Å². The molecule has 0 saturated heterocycles. The summed E-state index contributed by atoms with van der Waals surface area (Å²) in [6.45, 7) is 2.36. The fraction of sp³-hybridized carbons (Fsp3) is 0.235. The molecule has 0 fully saturated rings. The van der Waals surface area contributed by atoms with Crippen molar-refractivity contribution < 1.29 is 9.59 Å². The Morgan fingerprint density at radius 3 is 2.81 bits per heavy atom. The molecular weight excluding hydrogens is 384 g/mol. The van der Waals surface area contributed by atoms with Gasteiger partial charge < -0.3 is 10.6 Å².